The first-order chi connectivity index (χ1) is 9.65. The Balaban J connectivity index is 2.05. The van der Waals surface area contributed by atoms with Gasteiger partial charge in [0.05, 0.1) is 17.8 Å². The van der Waals surface area contributed by atoms with Crippen molar-refractivity contribution in [3.63, 3.8) is 0 Å². The molecule has 0 radical (unpaired) electrons. The molecule has 112 valence electrons. The van der Waals surface area contributed by atoms with E-state index in [9.17, 15) is 0 Å². The highest BCUT2D eigenvalue weighted by atomic mass is 35.5. The lowest BCUT2D eigenvalue weighted by Gasteiger charge is -2.39. The number of nitrogens with zero attached hydrogens (tertiary/aromatic N) is 1. The number of anilines is 1. The topological polar surface area (TPSA) is 24.5 Å². The van der Waals surface area contributed by atoms with Gasteiger partial charge in [-0.3, -0.25) is 0 Å². The highest BCUT2D eigenvalue weighted by Gasteiger charge is 2.26. The Morgan fingerprint density at radius 1 is 1.45 bits per heavy atom. The summed E-state index contributed by atoms with van der Waals surface area (Å²) in [5, 5.41) is 4.45. The van der Waals surface area contributed by atoms with E-state index >= 15 is 0 Å². The molecule has 1 aliphatic rings. The fourth-order valence-corrected chi connectivity index (χ4v) is 3.10. The minimum atomic E-state index is 0.621. The van der Waals surface area contributed by atoms with Crippen LogP contribution in [0.3, 0.4) is 0 Å². The molecule has 0 amide bonds. The Morgan fingerprint density at radius 3 is 2.90 bits per heavy atom. The molecule has 1 aromatic rings. The summed E-state index contributed by atoms with van der Waals surface area (Å²) in [5.74, 6) is 1.49. The highest BCUT2D eigenvalue weighted by Crippen LogP contribution is 2.33. The van der Waals surface area contributed by atoms with Crippen LogP contribution in [-0.4, -0.2) is 32.8 Å². The van der Waals surface area contributed by atoms with Crippen LogP contribution in [0.25, 0.3) is 0 Å². The predicted molar refractivity (Wildman–Crippen MR) is 86.1 cm³/mol. The number of methoxy groups -OCH3 is 1. The van der Waals surface area contributed by atoms with Crippen LogP contribution in [0.1, 0.15) is 26.7 Å². The summed E-state index contributed by atoms with van der Waals surface area (Å²) in [6, 6.07) is 6.48. The van der Waals surface area contributed by atoms with Gasteiger partial charge in [-0.25, -0.2) is 0 Å². The van der Waals surface area contributed by atoms with Gasteiger partial charge in [0.1, 0.15) is 5.75 Å². The number of hydrogen-bond donors (Lipinski definition) is 1. The van der Waals surface area contributed by atoms with Crippen molar-refractivity contribution in [2.45, 2.75) is 32.7 Å². The fraction of sp³-hybridized carbons (Fsp3) is 0.625. The van der Waals surface area contributed by atoms with Crippen molar-refractivity contribution in [2.75, 3.05) is 31.6 Å². The summed E-state index contributed by atoms with van der Waals surface area (Å²) in [5.41, 5.74) is 1.09. The van der Waals surface area contributed by atoms with E-state index in [1.54, 1.807) is 7.11 Å². The minimum absolute atomic E-state index is 0.621. The lowest BCUT2D eigenvalue weighted by atomic mass is 9.93. The molecule has 1 aliphatic heterocycles. The predicted octanol–water partition coefficient (Wildman–Crippen LogP) is 3.56. The molecule has 2 atom stereocenters. The largest absolute Gasteiger partial charge is 0.497 e. The highest BCUT2D eigenvalue weighted by molar-refractivity contribution is 6.33. The molecule has 0 bridgehead atoms. The van der Waals surface area contributed by atoms with Crippen LogP contribution in [0.15, 0.2) is 18.2 Å². The van der Waals surface area contributed by atoms with Crippen molar-refractivity contribution in [3.8, 4) is 5.75 Å². The third-order valence-electron chi connectivity index (χ3n) is 4.06. The molecule has 1 saturated heterocycles. The third kappa shape index (κ3) is 3.58. The van der Waals surface area contributed by atoms with Crippen LogP contribution in [0.5, 0.6) is 5.75 Å². The van der Waals surface area contributed by atoms with Crippen LogP contribution in [0.2, 0.25) is 5.02 Å². The van der Waals surface area contributed by atoms with Gasteiger partial charge >= 0.3 is 0 Å². The molecule has 1 aromatic carbocycles. The molecule has 2 unspecified atom stereocenters. The summed E-state index contributed by atoms with van der Waals surface area (Å²) in [4.78, 5) is 2.37. The SMILES string of the molecule is CCCNC1CCN(c2cc(OC)ccc2Cl)CC1C. The zero-order chi connectivity index (χ0) is 14.5. The van der Waals surface area contributed by atoms with Crippen molar-refractivity contribution in [2.24, 2.45) is 5.92 Å². The first-order valence-electron chi connectivity index (χ1n) is 7.47. The Bertz CT molecular complexity index is 438. The van der Waals surface area contributed by atoms with Gasteiger partial charge in [-0.1, -0.05) is 25.4 Å². The Morgan fingerprint density at radius 2 is 2.25 bits per heavy atom. The van der Waals surface area contributed by atoms with Gasteiger partial charge in [-0.2, -0.15) is 0 Å². The lowest BCUT2D eigenvalue weighted by molar-refractivity contribution is 0.322. The van der Waals surface area contributed by atoms with E-state index in [1.807, 2.05) is 18.2 Å². The second-order valence-corrected chi connectivity index (χ2v) is 6.00. The van der Waals surface area contributed by atoms with Crippen molar-refractivity contribution < 1.29 is 4.74 Å². The van der Waals surface area contributed by atoms with Crippen molar-refractivity contribution >= 4 is 17.3 Å². The van der Waals surface area contributed by atoms with Crippen LogP contribution >= 0.6 is 11.6 Å². The Kier molecular flexibility index (Phi) is 5.55. The molecule has 1 heterocycles. The number of hydrogen-bond acceptors (Lipinski definition) is 3. The number of halogens is 1. The summed E-state index contributed by atoms with van der Waals surface area (Å²) < 4.78 is 5.30. The zero-order valence-electron chi connectivity index (χ0n) is 12.7. The van der Waals surface area contributed by atoms with E-state index in [0.717, 1.165) is 42.5 Å². The zero-order valence-corrected chi connectivity index (χ0v) is 13.4. The molecule has 0 aliphatic carbocycles. The summed E-state index contributed by atoms with van der Waals surface area (Å²) in [7, 11) is 1.69. The number of nitrogens with one attached hydrogen (secondary N) is 1. The average molecular weight is 297 g/mol. The van der Waals surface area contributed by atoms with E-state index in [-0.39, 0.29) is 0 Å². The number of benzene rings is 1. The average Bonchev–Trinajstić information content (AvgIpc) is 2.46. The molecule has 3 nitrogen and oxygen atoms in total. The molecule has 1 fully saturated rings. The van der Waals surface area contributed by atoms with Crippen molar-refractivity contribution in [3.05, 3.63) is 23.2 Å². The van der Waals surface area contributed by atoms with Gasteiger partial charge in [-0.15, -0.1) is 0 Å². The molecule has 0 spiro atoms. The summed E-state index contributed by atoms with van der Waals surface area (Å²) >= 11 is 6.34. The van der Waals surface area contributed by atoms with Gasteiger partial charge < -0.3 is 15.0 Å². The lowest BCUT2D eigenvalue weighted by Crippen LogP contribution is -2.48. The maximum atomic E-state index is 6.34. The smallest absolute Gasteiger partial charge is 0.121 e. The normalized spacial score (nSPS) is 22.9. The summed E-state index contributed by atoms with van der Waals surface area (Å²) in [6.45, 7) is 7.71. The third-order valence-corrected chi connectivity index (χ3v) is 4.38. The first-order valence-corrected chi connectivity index (χ1v) is 7.85. The van der Waals surface area contributed by atoms with E-state index in [0.29, 0.717) is 12.0 Å². The van der Waals surface area contributed by atoms with Crippen LogP contribution in [-0.2, 0) is 0 Å². The monoisotopic (exact) mass is 296 g/mol. The van der Waals surface area contributed by atoms with Crippen molar-refractivity contribution in [1.29, 1.82) is 0 Å². The second kappa shape index (κ2) is 7.19. The van der Waals surface area contributed by atoms with Crippen LogP contribution in [0, 0.1) is 5.92 Å². The molecule has 1 N–H and O–H groups in total. The molecule has 4 heteroatoms. The van der Waals surface area contributed by atoms with Gasteiger partial charge in [0.2, 0.25) is 0 Å². The van der Waals surface area contributed by atoms with E-state index in [1.165, 1.54) is 6.42 Å². The fourth-order valence-electron chi connectivity index (χ4n) is 2.86. The maximum absolute atomic E-state index is 6.34. The molecule has 20 heavy (non-hydrogen) atoms. The standard InChI is InChI=1S/C16H25ClN2O/c1-4-8-18-15-7-9-19(11-12(15)2)16-10-13(20-3)5-6-14(16)17/h5-6,10,12,15,18H,4,7-9,11H2,1-3H3. The quantitative estimate of drug-likeness (QED) is 0.899. The first kappa shape index (κ1) is 15.5. The number of ether oxygens (including phenoxy) is 1. The molecular weight excluding hydrogens is 272 g/mol. The number of rotatable bonds is 5. The maximum Gasteiger partial charge on any atom is 0.121 e. The minimum Gasteiger partial charge on any atom is -0.497 e. The molecule has 2 rings (SSSR count). The van der Waals surface area contributed by atoms with Gasteiger partial charge in [-0.05, 0) is 37.4 Å². The van der Waals surface area contributed by atoms with E-state index in [4.69, 9.17) is 16.3 Å². The molecule has 0 saturated carbocycles. The van der Waals surface area contributed by atoms with Gasteiger partial charge in [0, 0.05) is 25.2 Å². The van der Waals surface area contributed by atoms with Crippen LogP contribution in [0.4, 0.5) is 5.69 Å². The molecular formula is C16H25ClN2O. The molecule has 0 aromatic heterocycles. The number of piperidine rings is 1. The van der Waals surface area contributed by atoms with Gasteiger partial charge in [0.15, 0.2) is 0 Å². The second-order valence-electron chi connectivity index (χ2n) is 5.59. The Labute approximate surface area is 127 Å². The van der Waals surface area contributed by atoms with Gasteiger partial charge in [0.25, 0.3) is 0 Å². The summed E-state index contributed by atoms with van der Waals surface area (Å²) in [6.07, 6.45) is 2.35. The Hall–Kier alpha value is -0.930. The van der Waals surface area contributed by atoms with E-state index < -0.39 is 0 Å². The van der Waals surface area contributed by atoms with Crippen LogP contribution < -0.4 is 15.0 Å². The van der Waals surface area contributed by atoms with Crippen molar-refractivity contribution in [1.82, 2.24) is 5.32 Å². The van der Waals surface area contributed by atoms with E-state index in [2.05, 4.69) is 24.1 Å².